The summed E-state index contributed by atoms with van der Waals surface area (Å²) in [6, 6.07) is 6.66. The van der Waals surface area contributed by atoms with Gasteiger partial charge in [0.05, 0.1) is 18.3 Å². The highest BCUT2D eigenvalue weighted by Crippen LogP contribution is 2.39. The van der Waals surface area contributed by atoms with Crippen LogP contribution in [0.1, 0.15) is 65.0 Å². The quantitative estimate of drug-likeness (QED) is 0.501. The van der Waals surface area contributed by atoms with Gasteiger partial charge in [-0.1, -0.05) is 6.07 Å². The van der Waals surface area contributed by atoms with E-state index in [-0.39, 0.29) is 35.8 Å². The van der Waals surface area contributed by atoms with Gasteiger partial charge in [0.15, 0.2) is 0 Å². The molecular weight excluding hydrogens is 509 g/mol. The number of fused-ring (bicyclic) bond motifs is 2. The van der Waals surface area contributed by atoms with Gasteiger partial charge in [-0.15, -0.1) is 0 Å². The first-order valence-corrected chi connectivity index (χ1v) is 13.8. The maximum Gasteiger partial charge on any atom is 0.417 e. The molecule has 1 N–H and O–H groups in total. The Kier molecular flexibility index (Phi) is 7.90. The first-order chi connectivity index (χ1) is 18.5. The van der Waals surface area contributed by atoms with Crippen LogP contribution in [0, 0.1) is 13.8 Å². The highest BCUT2D eigenvalue weighted by Gasteiger charge is 2.47. The zero-order chi connectivity index (χ0) is 27.9. The number of aromatic nitrogens is 1. The molecule has 39 heavy (non-hydrogen) atoms. The number of likely N-dealkylation sites (tertiary alicyclic amines) is 3. The number of hydrogen-bond acceptors (Lipinski definition) is 6. The van der Waals surface area contributed by atoms with Crippen molar-refractivity contribution in [1.82, 2.24) is 19.7 Å². The standard InChI is InChI=1S/C29H37F3N4O3/c1-18-19(2)27(39-12-4-10-34-11-9-24(37)17-34)8-6-25(18)20(3)35-15-23-13-22(35)16-36(23)28(38)26-7-5-21(14-33-26)29(30,31)32/h5-8,14,20,22-24,37H,4,9-13,15-17H2,1-3H3/t20-,22+,23+,24-/m0/s1. The van der Waals surface area contributed by atoms with Gasteiger partial charge in [-0.25, -0.2) is 0 Å². The molecule has 1 aromatic heterocycles. The van der Waals surface area contributed by atoms with E-state index in [4.69, 9.17) is 4.74 Å². The predicted molar refractivity (Wildman–Crippen MR) is 141 cm³/mol. The summed E-state index contributed by atoms with van der Waals surface area (Å²) in [4.78, 5) is 23.3. The van der Waals surface area contributed by atoms with Gasteiger partial charge in [0.2, 0.25) is 0 Å². The normalized spacial score (nSPS) is 24.5. The molecule has 0 saturated carbocycles. The largest absolute Gasteiger partial charge is 0.493 e. The van der Waals surface area contributed by atoms with Crippen LogP contribution < -0.4 is 4.74 Å². The fourth-order valence-corrected chi connectivity index (χ4v) is 6.35. The van der Waals surface area contributed by atoms with Crippen LogP contribution in [0.5, 0.6) is 5.75 Å². The number of benzene rings is 1. The van der Waals surface area contributed by atoms with E-state index in [1.54, 1.807) is 4.90 Å². The number of rotatable bonds is 8. The number of pyridine rings is 1. The molecule has 1 amide bonds. The molecule has 3 fully saturated rings. The van der Waals surface area contributed by atoms with Gasteiger partial charge in [-0.2, -0.15) is 13.2 Å². The number of carbonyl (C=O) groups excluding carboxylic acids is 1. The molecule has 7 nitrogen and oxygen atoms in total. The Bertz CT molecular complexity index is 1190. The summed E-state index contributed by atoms with van der Waals surface area (Å²) in [6.45, 7) is 10.9. The van der Waals surface area contributed by atoms with Crippen molar-refractivity contribution in [2.45, 2.75) is 70.4 Å². The maximum absolute atomic E-state index is 13.0. The number of halogens is 3. The smallest absolute Gasteiger partial charge is 0.417 e. The Morgan fingerprint density at radius 1 is 1.13 bits per heavy atom. The van der Waals surface area contributed by atoms with Crippen LogP contribution in [0.2, 0.25) is 0 Å². The fourth-order valence-electron chi connectivity index (χ4n) is 6.35. The van der Waals surface area contributed by atoms with Crippen LogP contribution in [-0.4, -0.2) is 88.2 Å². The number of nitrogens with zero attached hydrogens (tertiary/aromatic N) is 4. The lowest BCUT2D eigenvalue weighted by Gasteiger charge is -2.38. The zero-order valence-electron chi connectivity index (χ0n) is 22.7. The minimum Gasteiger partial charge on any atom is -0.493 e. The first-order valence-electron chi connectivity index (χ1n) is 13.8. The number of hydrogen-bond donors (Lipinski definition) is 1. The van der Waals surface area contributed by atoms with Gasteiger partial charge in [0, 0.05) is 57.0 Å². The molecule has 3 aliphatic rings. The highest BCUT2D eigenvalue weighted by molar-refractivity contribution is 5.93. The molecule has 1 aromatic carbocycles. The monoisotopic (exact) mass is 546 g/mol. The predicted octanol–water partition coefficient (Wildman–Crippen LogP) is 4.21. The van der Waals surface area contributed by atoms with Crippen LogP contribution in [0.3, 0.4) is 0 Å². The molecule has 3 saturated heterocycles. The minimum atomic E-state index is -4.47. The average molecular weight is 547 g/mol. The Labute approximate surface area is 227 Å². The molecule has 2 bridgehead atoms. The molecule has 0 aliphatic carbocycles. The molecular formula is C29H37F3N4O3. The maximum atomic E-state index is 13.0. The molecule has 5 rings (SSSR count). The molecule has 0 spiro atoms. The molecule has 3 aliphatic heterocycles. The van der Waals surface area contributed by atoms with Gasteiger partial charge in [-0.3, -0.25) is 14.7 Å². The molecule has 2 aromatic rings. The second kappa shape index (κ2) is 11.1. The fraction of sp³-hybridized carbons (Fsp3) is 0.586. The Morgan fingerprint density at radius 2 is 1.92 bits per heavy atom. The van der Waals surface area contributed by atoms with Crippen molar-refractivity contribution >= 4 is 5.91 Å². The Morgan fingerprint density at radius 3 is 2.54 bits per heavy atom. The third-order valence-corrected chi connectivity index (χ3v) is 8.70. The summed E-state index contributed by atoms with van der Waals surface area (Å²) >= 11 is 0. The second-order valence-electron chi connectivity index (χ2n) is 11.2. The van der Waals surface area contributed by atoms with E-state index in [1.165, 1.54) is 17.2 Å². The van der Waals surface area contributed by atoms with Crippen LogP contribution in [-0.2, 0) is 6.18 Å². The number of alkyl halides is 3. The molecule has 0 radical (unpaired) electrons. The third kappa shape index (κ3) is 5.78. The molecule has 212 valence electrons. The van der Waals surface area contributed by atoms with Crippen molar-refractivity contribution in [3.63, 3.8) is 0 Å². The molecule has 0 unspecified atom stereocenters. The van der Waals surface area contributed by atoms with Crippen LogP contribution in [0.15, 0.2) is 30.5 Å². The first kappa shape index (κ1) is 27.9. The van der Waals surface area contributed by atoms with Crippen LogP contribution >= 0.6 is 0 Å². The number of amides is 1. The highest BCUT2D eigenvalue weighted by atomic mass is 19.4. The SMILES string of the molecule is Cc1c(OCCCN2CC[C@H](O)C2)ccc([C@H](C)N2C[C@H]3C[C@@H]2CN3C(=O)c2ccc(C(F)(F)F)cn2)c1C. The summed E-state index contributed by atoms with van der Waals surface area (Å²) in [5.74, 6) is 0.589. The summed E-state index contributed by atoms with van der Waals surface area (Å²) in [6.07, 6.45) is -1.33. The number of ether oxygens (including phenoxy) is 1. The van der Waals surface area contributed by atoms with E-state index < -0.39 is 11.7 Å². The lowest BCUT2D eigenvalue weighted by atomic mass is 9.96. The number of aliphatic hydroxyl groups is 1. The summed E-state index contributed by atoms with van der Waals surface area (Å²) in [5.41, 5.74) is 2.76. The summed E-state index contributed by atoms with van der Waals surface area (Å²) in [7, 11) is 0. The number of aliphatic hydroxyl groups excluding tert-OH is 1. The third-order valence-electron chi connectivity index (χ3n) is 8.70. The number of carbonyl (C=O) groups is 1. The van der Waals surface area contributed by atoms with Crippen molar-refractivity contribution in [1.29, 1.82) is 0 Å². The van der Waals surface area contributed by atoms with Crippen LogP contribution in [0.4, 0.5) is 13.2 Å². The van der Waals surface area contributed by atoms with Gasteiger partial charge in [-0.05, 0) is 74.9 Å². The van der Waals surface area contributed by atoms with Gasteiger partial charge < -0.3 is 19.6 Å². The summed E-state index contributed by atoms with van der Waals surface area (Å²) < 4.78 is 44.7. The summed E-state index contributed by atoms with van der Waals surface area (Å²) in [5, 5.41) is 9.67. The van der Waals surface area contributed by atoms with Crippen molar-refractivity contribution in [3.05, 3.63) is 58.4 Å². The van der Waals surface area contributed by atoms with E-state index in [9.17, 15) is 23.1 Å². The zero-order valence-corrected chi connectivity index (χ0v) is 22.7. The van der Waals surface area contributed by atoms with E-state index >= 15 is 0 Å². The molecule has 10 heteroatoms. The van der Waals surface area contributed by atoms with Gasteiger partial charge in [0.1, 0.15) is 11.4 Å². The lowest BCUT2D eigenvalue weighted by Crippen LogP contribution is -2.49. The van der Waals surface area contributed by atoms with Crippen molar-refractivity contribution in [2.24, 2.45) is 0 Å². The van der Waals surface area contributed by atoms with E-state index in [0.717, 1.165) is 69.0 Å². The van der Waals surface area contributed by atoms with Gasteiger partial charge >= 0.3 is 6.18 Å². The topological polar surface area (TPSA) is 69.1 Å². The van der Waals surface area contributed by atoms with Crippen molar-refractivity contribution < 1.29 is 27.8 Å². The number of piperazine rings is 1. The van der Waals surface area contributed by atoms with Crippen molar-refractivity contribution in [3.8, 4) is 5.75 Å². The molecule has 4 atom stereocenters. The Balaban J connectivity index is 1.16. The molecule has 4 heterocycles. The number of β-amino-alcohol motifs (C(OH)–C–C–N with tert-alkyl or cyclic N) is 1. The Hall–Kier alpha value is -2.69. The average Bonchev–Trinajstić information content (AvgIpc) is 3.64. The van der Waals surface area contributed by atoms with Gasteiger partial charge in [0.25, 0.3) is 5.91 Å². The van der Waals surface area contributed by atoms with E-state index in [1.807, 2.05) is 6.07 Å². The van der Waals surface area contributed by atoms with Crippen LogP contribution in [0.25, 0.3) is 0 Å². The minimum absolute atomic E-state index is 0.0229. The van der Waals surface area contributed by atoms with E-state index in [2.05, 4.69) is 41.6 Å². The second-order valence-corrected chi connectivity index (χ2v) is 11.2. The lowest BCUT2D eigenvalue weighted by molar-refractivity contribution is -0.137. The van der Waals surface area contributed by atoms with Crippen molar-refractivity contribution in [2.75, 3.05) is 39.3 Å². The van der Waals surface area contributed by atoms with E-state index in [0.29, 0.717) is 13.2 Å².